The van der Waals surface area contributed by atoms with Gasteiger partial charge in [0.2, 0.25) is 0 Å². The first-order valence-electron chi connectivity index (χ1n) is 9.72. The van der Waals surface area contributed by atoms with Gasteiger partial charge in [-0.05, 0) is 50.8 Å². The first kappa shape index (κ1) is 19.5. The van der Waals surface area contributed by atoms with Gasteiger partial charge in [0, 0.05) is 30.3 Å². The molecule has 0 N–H and O–H groups in total. The minimum Gasteiger partial charge on any atom is -0.383 e. The predicted octanol–water partition coefficient (Wildman–Crippen LogP) is 5.00. The number of aromatic nitrogens is 4. The molecule has 0 aliphatic carbocycles. The highest BCUT2D eigenvalue weighted by Gasteiger charge is 2.19. The standard InChI is InChI=1S/C22H30N4O/c1-8-18-21(17-9-10-19(13(2)3)23-16(17)6)25-20-14(4)11-26(22(20)24-18)15(5)12-27-7/h9-11,13,15H,8,12H2,1-7H3. The monoisotopic (exact) mass is 366 g/mol. The molecule has 3 heterocycles. The van der Waals surface area contributed by atoms with Gasteiger partial charge in [-0.1, -0.05) is 20.8 Å². The number of methoxy groups -OCH3 is 1. The van der Waals surface area contributed by atoms with Crippen LogP contribution in [-0.4, -0.2) is 33.2 Å². The zero-order chi connectivity index (χ0) is 19.7. The fourth-order valence-corrected chi connectivity index (χ4v) is 3.51. The van der Waals surface area contributed by atoms with Gasteiger partial charge in [-0.2, -0.15) is 0 Å². The summed E-state index contributed by atoms with van der Waals surface area (Å²) in [4.78, 5) is 14.9. The average molecular weight is 367 g/mol. The van der Waals surface area contributed by atoms with Crippen LogP contribution in [0, 0.1) is 13.8 Å². The first-order chi connectivity index (χ1) is 12.9. The van der Waals surface area contributed by atoms with Gasteiger partial charge in [-0.25, -0.2) is 9.97 Å². The van der Waals surface area contributed by atoms with Gasteiger partial charge in [0.1, 0.15) is 5.52 Å². The summed E-state index contributed by atoms with van der Waals surface area (Å²) < 4.78 is 7.51. The number of pyridine rings is 1. The molecule has 0 saturated carbocycles. The third-order valence-corrected chi connectivity index (χ3v) is 5.07. The summed E-state index contributed by atoms with van der Waals surface area (Å²) in [6.45, 7) is 13.4. The number of hydrogen-bond donors (Lipinski definition) is 0. The van der Waals surface area contributed by atoms with Crippen molar-refractivity contribution in [2.75, 3.05) is 13.7 Å². The van der Waals surface area contributed by atoms with Gasteiger partial charge in [-0.15, -0.1) is 0 Å². The molecule has 1 atom stereocenters. The lowest BCUT2D eigenvalue weighted by atomic mass is 10.0. The Hall–Kier alpha value is -2.27. The van der Waals surface area contributed by atoms with Crippen LogP contribution in [0.1, 0.15) is 62.3 Å². The van der Waals surface area contributed by atoms with E-state index in [4.69, 9.17) is 19.7 Å². The fraction of sp³-hybridized carbons (Fsp3) is 0.500. The van der Waals surface area contributed by atoms with Crippen LogP contribution in [0.25, 0.3) is 22.4 Å². The minimum atomic E-state index is 0.213. The third-order valence-electron chi connectivity index (χ3n) is 5.07. The molecule has 0 bridgehead atoms. The van der Waals surface area contributed by atoms with Gasteiger partial charge in [-0.3, -0.25) is 4.98 Å². The molecule has 3 rings (SSSR count). The number of hydrogen-bond acceptors (Lipinski definition) is 4. The highest BCUT2D eigenvalue weighted by molar-refractivity contribution is 5.80. The van der Waals surface area contributed by atoms with Crippen molar-refractivity contribution in [2.45, 2.75) is 59.9 Å². The molecule has 5 nitrogen and oxygen atoms in total. The SMILES string of the molecule is CCc1nc2c(nc1-c1ccc(C(C)C)nc1C)c(C)cn2C(C)COC. The molecule has 0 radical (unpaired) electrons. The van der Waals surface area contributed by atoms with Crippen LogP contribution in [0.15, 0.2) is 18.3 Å². The molecular formula is C22H30N4O. The summed E-state index contributed by atoms with van der Waals surface area (Å²) in [7, 11) is 1.73. The maximum Gasteiger partial charge on any atom is 0.159 e. The topological polar surface area (TPSA) is 52.8 Å². The summed E-state index contributed by atoms with van der Waals surface area (Å²) in [5, 5.41) is 0. The second-order valence-corrected chi connectivity index (χ2v) is 7.59. The molecule has 3 aromatic rings. The Morgan fingerprint density at radius 1 is 1.07 bits per heavy atom. The third kappa shape index (κ3) is 3.61. The first-order valence-corrected chi connectivity index (χ1v) is 9.72. The Balaban J connectivity index is 2.19. The van der Waals surface area contributed by atoms with Crippen molar-refractivity contribution in [1.82, 2.24) is 19.5 Å². The molecule has 3 aromatic heterocycles. The second kappa shape index (κ2) is 7.77. The molecule has 0 saturated heterocycles. The van der Waals surface area contributed by atoms with Gasteiger partial charge < -0.3 is 9.30 Å². The van der Waals surface area contributed by atoms with Crippen LogP contribution < -0.4 is 0 Å². The number of fused-ring (bicyclic) bond motifs is 1. The van der Waals surface area contributed by atoms with E-state index in [-0.39, 0.29) is 6.04 Å². The average Bonchev–Trinajstić information content (AvgIpc) is 2.96. The molecule has 0 amide bonds. The molecule has 0 aliphatic rings. The van der Waals surface area contributed by atoms with E-state index in [1.807, 2.05) is 0 Å². The van der Waals surface area contributed by atoms with Crippen molar-refractivity contribution < 1.29 is 4.74 Å². The lowest BCUT2D eigenvalue weighted by molar-refractivity contribution is 0.163. The molecule has 0 aromatic carbocycles. The molecule has 0 fully saturated rings. The van der Waals surface area contributed by atoms with Crippen LogP contribution in [-0.2, 0) is 11.2 Å². The maximum atomic E-state index is 5.33. The van der Waals surface area contributed by atoms with E-state index in [2.05, 4.69) is 64.4 Å². The molecule has 27 heavy (non-hydrogen) atoms. The molecule has 0 aliphatic heterocycles. The Labute approximate surface area is 161 Å². The predicted molar refractivity (Wildman–Crippen MR) is 110 cm³/mol. The molecule has 0 spiro atoms. The second-order valence-electron chi connectivity index (χ2n) is 7.59. The molecular weight excluding hydrogens is 336 g/mol. The maximum absolute atomic E-state index is 5.33. The fourth-order valence-electron chi connectivity index (χ4n) is 3.51. The van der Waals surface area contributed by atoms with E-state index in [1.165, 1.54) is 0 Å². The van der Waals surface area contributed by atoms with Crippen LogP contribution in [0.2, 0.25) is 0 Å². The van der Waals surface area contributed by atoms with E-state index in [1.54, 1.807) is 7.11 Å². The highest BCUT2D eigenvalue weighted by Crippen LogP contribution is 2.30. The van der Waals surface area contributed by atoms with Crippen molar-refractivity contribution in [3.63, 3.8) is 0 Å². The van der Waals surface area contributed by atoms with Crippen molar-refractivity contribution >= 4 is 11.2 Å². The lowest BCUT2D eigenvalue weighted by Crippen LogP contribution is -2.11. The Morgan fingerprint density at radius 3 is 2.41 bits per heavy atom. The molecule has 144 valence electrons. The highest BCUT2D eigenvalue weighted by atomic mass is 16.5. The zero-order valence-electron chi connectivity index (χ0n) is 17.5. The number of ether oxygens (including phenoxy) is 1. The summed E-state index contributed by atoms with van der Waals surface area (Å²) in [5.41, 5.74) is 8.17. The smallest absolute Gasteiger partial charge is 0.159 e. The Morgan fingerprint density at radius 2 is 1.81 bits per heavy atom. The quantitative estimate of drug-likeness (QED) is 0.616. The minimum absolute atomic E-state index is 0.213. The van der Waals surface area contributed by atoms with Crippen LogP contribution in [0.3, 0.4) is 0 Å². The summed E-state index contributed by atoms with van der Waals surface area (Å²) >= 11 is 0. The van der Waals surface area contributed by atoms with Gasteiger partial charge >= 0.3 is 0 Å². The van der Waals surface area contributed by atoms with E-state index in [9.17, 15) is 0 Å². The summed E-state index contributed by atoms with van der Waals surface area (Å²) in [6.07, 6.45) is 2.96. The van der Waals surface area contributed by atoms with Crippen LogP contribution >= 0.6 is 0 Å². The van der Waals surface area contributed by atoms with Crippen molar-refractivity contribution in [3.05, 3.63) is 41.0 Å². The van der Waals surface area contributed by atoms with E-state index >= 15 is 0 Å². The molecule has 1 unspecified atom stereocenters. The van der Waals surface area contributed by atoms with Gasteiger partial charge in [0.05, 0.1) is 24.0 Å². The lowest BCUT2D eigenvalue weighted by Gasteiger charge is -2.15. The molecule has 5 heteroatoms. The van der Waals surface area contributed by atoms with Crippen LogP contribution in [0.5, 0.6) is 0 Å². The van der Waals surface area contributed by atoms with Crippen molar-refractivity contribution in [3.8, 4) is 11.3 Å². The number of rotatable bonds is 6. The van der Waals surface area contributed by atoms with Crippen molar-refractivity contribution in [1.29, 1.82) is 0 Å². The Kier molecular flexibility index (Phi) is 5.61. The number of aryl methyl sites for hydroxylation is 3. The largest absolute Gasteiger partial charge is 0.383 e. The van der Waals surface area contributed by atoms with Gasteiger partial charge in [0.15, 0.2) is 5.65 Å². The van der Waals surface area contributed by atoms with Crippen molar-refractivity contribution in [2.24, 2.45) is 0 Å². The van der Waals surface area contributed by atoms with Crippen LogP contribution in [0.4, 0.5) is 0 Å². The summed E-state index contributed by atoms with van der Waals surface area (Å²) in [5.74, 6) is 0.413. The van der Waals surface area contributed by atoms with E-state index in [0.717, 1.165) is 51.5 Å². The zero-order valence-corrected chi connectivity index (χ0v) is 17.5. The van der Waals surface area contributed by atoms with E-state index in [0.29, 0.717) is 12.5 Å². The Bertz CT molecular complexity index is 959. The summed E-state index contributed by atoms with van der Waals surface area (Å²) in [6, 6.07) is 4.47. The number of nitrogens with zero attached hydrogens (tertiary/aromatic N) is 4. The normalized spacial score (nSPS) is 12.9. The van der Waals surface area contributed by atoms with Gasteiger partial charge in [0.25, 0.3) is 0 Å². The van der Waals surface area contributed by atoms with E-state index < -0.39 is 0 Å².